The van der Waals surface area contributed by atoms with E-state index in [9.17, 15) is 4.79 Å². The lowest BCUT2D eigenvalue weighted by atomic mass is 10.0. The molecule has 0 radical (unpaired) electrons. The van der Waals surface area contributed by atoms with Gasteiger partial charge in [0, 0.05) is 69.4 Å². The normalized spacial score (nSPS) is 22.2. The monoisotopic (exact) mass is 332 g/mol. The van der Waals surface area contributed by atoms with E-state index in [0.29, 0.717) is 5.92 Å². The second kappa shape index (κ2) is 7.49. The summed E-state index contributed by atoms with van der Waals surface area (Å²) in [5.41, 5.74) is 3.45. The molecule has 2 aliphatic heterocycles. The first-order chi connectivity index (χ1) is 11.6. The van der Waals surface area contributed by atoms with Crippen LogP contribution >= 0.6 is 0 Å². The van der Waals surface area contributed by atoms with Crippen molar-refractivity contribution in [1.29, 1.82) is 0 Å². The van der Waals surface area contributed by atoms with E-state index in [2.05, 4.69) is 35.9 Å². The molecular weight excluding hydrogens is 304 g/mol. The molecule has 0 N–H and O–H groups in total. The standard InChI is InChI=1S/C18H28N4O2/c1-14-10-16(21-8-6-20(2)7-9-21)11-17(19-14)15-4-5-22(12-15)18(23)13-24-3/h10-11,15H,4-9,12-13H2,1-3H3/t15-/m0/s1. The highest BCUT2D eigenvalue weighted by Gasteiger charge is 2.28. The second-order valence-corrected chi connectivity index (χ2v) is 6.94. The summed E-state index contributed by atoms with van der Waals surface area (Å²) in [5.74, 6) is 0.406. The Balaban J connectivity index is 1.71. The number of hydrogen-bond donors (Lipinski definition) is 0. The highest BCUT2D eigenvalue weighted by atomic mass is 16.5. The van der Waals surface area contributed by atoms with E-state index in [1.165, 1.54) is 5.69 Å². The highest BCUT2D eigenvalue weighted by Crippen LogP contribution is 2.29. The van der Waals surface area contributed by atoms with Crippen molar-refractivity contribution in [2.75, 3.05) is 64.9 Å². The average Bonchev–Trinajstić information content (AvgIpc) is 3.05. The predicted molar refractivity (Wildman–Crippen MR) is 94.5 cm³/mol. The van der Waals surface area contributed by atoms with Crippen LogP contribution in [0.4, 0.5) is 5.69 Å². The summed E-state index contributed by atoms with van der Waals surface area (Å²) in [6.07, 6.45) is 0.980. The molecule has 0 saturated carbocycles. The largest absolute Gasteiger partial charge is 0.375 e. The zero-order valence-corrected chi connectivity index (χ0v) is 15.0. The van der Waals surface area contributed by atoms with Gasteiger partial charge in [-0.15, -0.1) is 0 Å². The van der Waals surface area contributed by atoms with Gasteiger partial charge in [-0.2, -0.15) is 0 Å². The Morgan fingerprint density at radius 3 is 2.71 bits per heavy atom. The SMILES string of the molecule is COCC(=O)N1CC[C@H](c2cc(N3CCN(C)CC3)cc(C)n2)C1. The lowest BCUT2D eigenvalue weighted by Gasteiger charge is -2.34. The van der Waals surface area contributed by atoms with Gasteiger partial charge in [-0.25, -0.2) is 0 Å². The van der Waals surface area contributed by atoms with Crippen LogP contribution in [0.3, 0.4) is 0 Å². The first-order valence-electron chi connectivity index (χ1n) is 8.75. The smallest absolute Gasteiger partial charge is 0.248 e. The molecule has 3 heterocycles. The number of methoxy groups -OCH3 is 1. The van der Waals surface area contributed by atoms with Crippen molar-refractivity contribution in [2.45, 2.75) is 19.3 Å². The Hall–Kier alpha value is -1.66. The topological polar surface area (TPSA) is 48.9 Å². The summed E-state index contributed by atoms with van der Waals surface area (Å²) < 4.78 is 4.97. The number of carbonyl (C=O) groups excluding carboxylic acids is 1. The zero-order chi connectivity index (χ0) is 17.1. The lowest BCUT2D eigenvalue weighted by Crippen LogP contribution is -2.44. The van der Waals surface area contributed by atoms with Gasteiger partial charge in [0.15, 0.2) is 0 Å². The molecule has 132 valence electrons. The fraction of sp³-hybridized carbons (Fsp3) is 0.667. The Bertz CT molecular complexity index is 584. The van der Waals surface area contributed by atoms with Gasteiger partial charge < -0.3 is 19.4 Å². The van der Waals surface area contributed by atoms with Crippen molar-refractivity contribution >= 4 is 11.6 Å². The number of hydrogen-bond acceptors (Lipinski definition) is 5. The maximum absolute atomic E-state index is 12.0. The molecule has 6 nitrogen and oxygen atoms in total. The van der Waals surface area contributed by atoms with E-state index >= 15 is 0 Å². The van der Waals surface area contributed by atoms with E-state index in [0.717, 1.165) is 57.1 Å². The number of likely N-dealkylation sites (N-methyl/N-ethyl adjacent to an activating group) is 1. The van der Waals surface area contributed by atoms with E-state index in [1.807, 2.05) is 4.90 Å². The number of anilines is 1. The zero-order valence-electron chi connectivity index (χ0n) is 15.0. The van der Waals surface area contributed by atoms with Gasteiger partial charge >= 0.3 is 0 Å². The number of likely N-dealkylation sites (tertiary alicyclic amines) is 1. The van der Waals surface area contributed by atoms with Crippen LogP contribution in [0.15, 0.2) is 12.1 Å². The van der Waals surface area contributed by atoms with Gasteiger partial charge in [-0.1, -0.05) is 0 Å². The molecule has 0 unspecified atom stereocenters. The summed E-state index contributed by atoms with van der Waals surface area (Å²) >= 11 is 0. The molecule has 0 bridgehead atoms. The summed E-state index contributed by atoms with van der Waals surface area (Å²) in [5, 5.41) is 0. The number of amides is 1. The summed E-state index contributed by atoms with van der Waals surface area (Å²) in [4.78, 5) is 23.5. The van der Waals surface area contributed by atoms with Crippen LogP contribution in [0.25, 0.3) is 0 Å². The van der Waals surface area contributed by atoms with Gasteiger partial charge in [-0.3, -0.25) is 9.78 Å². The molecule has 2 aliphatic rings. The molecule has 2 saturated heterocycles. The minimum Gasteiger partial charge on any atom is -0.375 e. The van der Waals surface area contributed by atoms with Crippen LogP contribution in [-0.2, 0) is 9.53 Å². The summed E-state index contributed by atoms with van der Waals surface area (Å²) in [6, 6.07) is 4.41. The van der Waals surface area contributed by atoms with Gasteiger partial charge in [-0.05, 0) is 32.5 Å². The van der Waals surface area contributed by atoms with Crippen molar-refractivity contribution < 1.29 is 9.53 Å². The number of nitrogens with zero attached hydrogens (tertiary/aromatic N) is 4. The van der Waals surface area contributed by atoms with Crippen molar-refractivity contribution in [3.8, 4) is 0 Å². The first kappa shape index (κ1) is 17.2. The van der Waals surface area contributed by atoms with Crippen LogP contribution in [-0.4, -0.2) is 80.7 Å². The predicted octanol–water partition coefficient (Wildman–Crippen LogP) is 1.10. The Kier molecular flexibility index (Phi) is 5.36. The third kappa shape index (κ3) is 3.87. The van der Waals surface area contributed by atoms with E-state index < -0.39 is 0 Å². The minimum atomic E-state index is 0.0759. The molecule has 0 spiro atoms. The molecule has 1 aromatic heterocycles. The maximum Gasteiger partial charge on any atom is 0.248 e. The molecule has 1 aromatic rings. The molecule has 3 rings (SSSR count). The van der Waals surface area contributed by atoms with Crippen LogP contribution in [0.5, 0.6) is 0 Å². The fourth-order valence-corrected chi connectivity index (χ4v) is 3.57. The van der Waals surface area contributed by atoms with Crippen LogP contribution in [0, 0.1) is 6.92 Å². The van der Waals surface area contributed by atoms with Gasteiger partial charge in [0.05, 0.1) is 0 Å². The molecule has 1 atom stereocenters. The minimum absolute atomic E-state index is 0.0759. The van der Waals surface area contributed by atoms with E-state index in [4.69, 9.17) is 9.72 Å². The second-order valence-electron chi connectivity index (χ2n) is 6.94. The van der Waals surface area contributed by atoms with Crippen LogP contribution < -0.4 is 4.90 Å². The highest BCUT2D eigenvalue weighted by molar-refractivity contribution is 5.77. The third-order valence-electron chi connectivity index (χ3n) is 5.05. The van der Waals surface area contributed by atoms with Crippen molar-refractivity contribution in [3.05, 3.63) is 23.5 Å². The van der Waals surface area contributed by atoms with Crippen molar-refractivity contribution in [2.24, 2.45) is 0 Å². The maximum atomic E-state index is 12.0. The van der Waals surface area contributed by atoms with Crippen molar-refractivity contribution in [1.82, 2.24) is 14.8 Å². The van der Waals surface area contributed by atoms with Gasteiger partial charge in [0.1, 0.15) is 6.61 Å². The van der Waals surface area contributed by atoms with Gasteiger partial charge in [0.2, 0.25) is 5.91 Å². The number of aryl methyl sites for hydroxylation is 1. The van der Waals surface area contributed by atoms with E-state index in [-0.39, 0.29) is 12.5 Å². The Labute approximate surface area is 144 Å². The molecule has 1 amide bonds. The van der Waals surface area contributed by atoms with Crippen LogP contribution in [0.2, 0.25) is 0 Å². The molecule has 24 heavy (non-hydrogen) atoms. The third-order valence-corrected chi connectivity index (χ3v) is 5.05. The number of rotatable bonds is 4. The lowest BCUT2D eigenvalue weighted by molar-refractivity contribution is -0.134. The Morgan fingerprint density at radius 1 is 1.25 bits per heavy atom. The number of pyridine rings is 1. The summed E-state index contributed by atoms with van der Waals surface area (Å²) in [7, 11) is 3.74. The quantitative estimate of drug-likeness (QED) is 0.826. The molecule has 0 aromatic carbocycles. The van der Waals surface area contributed by atoms with E-state index in [1.54, 1.807) is 7.11 Å². The first-order valence-corrected chi connectivity index (χ1v) is 8.75. The van der Waals surface area contributed by atoms with Crippen molar-refractivity contribution in [3.63, 3.8) is 0 Å². The number of ether oxygens (including phenoxy) is 1. The van der Waals surface area contributed by atoms with Gasteiger partial charge in [0.25, 0.3) is 0 Å². The molecule has 6 heteroatoms. The number of aromatic nitrogens is 1. The molecular formula is C18H28N4O2. The number of carbonyl (C=O) groups is 1. The average molecular weight is 332 g/mol. The Morgan fingerprint density at radius 2 is 2.00 bits per heavy atom. The summed E-state index contributed by atoms with van der Waals surface area (Å²) in [6.45, 7) is 8.09. The fourth-order valence-electron chi connectivity index (χ4n) is 3.57. The van der Waals surface area contributed by atoms with Crippen LogP contribution in [0.1, 0.15) is 23.7 Å². The molecule has 0 aliphatic carbocycles. The molecule has 2 fully saturated rings. The number of piperazine rings is 1.